The second-order valence-corrected chi connectivity index (χ2v) is 4.56. The molecule has 0 aliphatic heterocycles. The summed E-state index contributed by atoms with van der Waals surface area (Å²) in [6.07, 6.45) is 0. The molecule has 0 unspecified atom stereocenters. The molecule has 2 N–H and O–H groups in total. The molecule has 0 saturated heterocycles. The van der Waals surface area contributed by atoms with E-state index in [0.717, 1.165) is 5.69 Å². The van der Waals surface area contributed by atoms with Crippen LogP contribution in [0, 0.1) is 0 Å². The number of nitrogens with zero attached hydrogens (tertiary/aromatic N) is 1. The zero-order chi connectivity index (χ0) is 10.1. The SMILES string of the molecule is CN(C)c1cccc(P(=O)(O)O)c1. The largest absolute Gasteiger partial charge is 0.378 e. The van der Waals surface area contributed by atoms with Crippen molar-refractivity contribution in [1.29, 1.82) is 0 Å². The van der Waals surface area contributed by atoms with Crippen LogP contribution in [0.2, 0.25) is 0 Å². The van der Waals surface area contributed by atoms with Crippen LogP contribution >= 0.6 is 7.60 Å². The van der Waals surface area contributed by atoms with Crippen molar-refractivity contribution in [2.75, 3.05) is 19.0 Å². The van der Waals surface area contributed by atoms with Gasteiger partial charge in [0, 0.05) is 19.8 Å². The fraction of sp³-hybridized carbons (Fsp3) is 0.250. The first-order valence-electron chi connectivity index (χ1n) is 3.75. The predicted octanol–water partition coefficient (Wildman–Crippen LogP) is 0.556. The van der Waals surface area contributed by atoms with Crippen LogP contribution < -0.4 is 10.2 Å². The summed E-state index contributed by atoms with van der Waals surface area (Å²) in [4.78, 5) is 19.6. The average Bonchev–Trinajstić information content (AvgIpc) is 2.03. The lowest BCUT2D eigenvalue weighted by atomic mass is 10.3. The van der Waals surface area contributed by atoms with Crippen molar-refractivity contribution in [3.05, 3.63) is 24.3 Å². The van der Waals surface area contributed by atoms with Gasteiger partial charge in [-0.15, -0.1) is 0 Å². The molecule has 0 amide bonds. The van der Waals surface area contributed by atoms with Gasteiger partial charge in [-0.3, -0.25) is 4.57 Å². The zero-order valence-electron chi connectivity index (χ0n) is 7.51. The maximum Gasteiger partial charge on any atom is 0.356 e. The molecule has 0 fully saturated rings. The summed E-state index contributed by atoms with van der Waals surface area (Å²) >= 11 is 0. The highest BCUT2D eigenvalue weighted by atomic mass is 31.2. The van der Waals surface area contributed by atoms with Crippen molar-refractivity contribution in [2.45, 2.75) is 0 Å². The van der Waals surface area contributed by atoms with Crippen LogP contribution in [0.4, 0.5) is 5.69 Å². The van der Waals surface area contributed by atoms with Crippen LogP contribution in [0.3, 0.4) is 0 Å². The second-order valence-electron chi connectivity index (χ2n) is 2.96. The number of anilines is 1. The number of hydrogen-bond acceptors (Lipinski definition) is 2. The molecule has 4 nitrogen and oxygen atoms in total. The van der Waals surface area contributed by atoms with Crippen molar-refractivity contribution >= 4 is 18.6 Å². The lowest BCUT2D eigenvalue weighted by Crippen LogP contribution is -2.12. The van der Waals surface area contributed by atoms with E-state index < -0.39 is 7.60 Å². The molecular formula is C8H12NO3P. The molecule has 5 heteroatoms. The molecule has 0 spiro atoms. The Kier molecular flexibility index (Phi) is 2.76. The lowest BCUT2D eigenvalue weighted by molar-refractivity contribution is 0.387. The fourth-order valence-corrected chi connectivity index (χ4v) is 1.53. The minimum absolute atomic E-state index is 0.0544. The monoisotopic (exact) mass is 201 g/mol. The molecule has 0 saturated carbocycles. The zero-order valence-corrected chi connectivity index (χ0v) is 8.40. The van der Waals surface area contributed by atoms with Crippen LogP contribution in [0.25, 0.3) is 0 Å². The van der Waals surface area contributed by atoms with Gasteiger partial charge in [-0.2, -0.15) is 0 Å². The van der Waals surface area contributed by atoms with Gasteiger partial charge in [-0.05, 0) is 18.2 Å². The number of benzene rings is 1. The second kappa shape index (κ2) is 3.50. The van der Waals surface area contributed by atoms with E-state index in [0.29, 0.717) is 0 Å². The molecule has 0 bridgehead atoms. The highest BCUT2D eigenvalue weighted by Gasteiger charge is 2.16. The highest BCUT2D eigenvalue weighted by molar-refractivity contribution is 7.60. The molecule has 0 aromatic heterocycles. The number of rotatable bonds is 2. The summed E-state index contributed by atoms with van der Waals surface area (Å²) in [6, 6.07) is 6.33. The summed E-state index contributed by atoms with van der Waals surface area (Å²) in [5, 5.41) is 0.0544. The molecule has 0 aliphatic carbocycles. The van der Waals surface area contributed by atoms with Gasteiger partial charge >= 0.3 is 7.60 Å². The van der Waals surface area contributed by atoms with Gasteiger partial charge in [0.05, 0.1) is 5.30 Å². The highest BCUT2D eigenvalue weighted by Crippen LogP contribution is 2.33. The Morgan fingerprint density at radius 3 is 2.38 bits per heavy atom. The van der Waals surface area contributed by atoms with E-state index in [1.807, 2.05) is 14.1 Å². The van der Waals surface area contributed by atoms with Crippen LogP contribution in [-0.4, -0.2) is 23.9 Å². The lowest BCUT2D eigenvalue weighted by Gasteiger charge is -2.13. The van der Waals surface area contributed by atoms with E-state index in [1.54, 1.807) is 17.0 Å². The van der Waals surface area contributed by atoms with Gasteiger partial charge in [0.15, 0.2) is 0 Å². The molecule has 0 atom stereocenters. The first-order chi connectivity index (χ1) is 5.91. The molecular weight excluding hydrogens is 189 g/mol. The minimum Gasteiger partial charge on any atom is -0.378 e. The molecule has 1 aromatic carbocycles. The van der Waals surface area contributed by atoms with Gasteiger partial charge in [-0.1, -0.05) is 6.07 Å². The average molecular weight is 201 g/mol. The fourth-order valence-electron chi connectivity index (χ4n) is 0.952. The number of hydrogen-bond donors (Lipinski definition) is 2. The van der Waals surface area contributed by atoms with E-state index in [4.69, 9.17) is 9.79 Å². The first kappa shape index (κ1) is 10.3. The quantitative estimate of drug-likeness (QED) is 0.686. The molecule has 72 valence electrons. The van der Waals surface area contributed by atoms with Gasteiger partial charge < -0.3 is 14.7 Å². The van der Waals surface area contributed by atoms with E-state index in [-0.39, 0.29) is 5.30 Å². The Morgan fingerprint density at radius 1 is 1.31 bits per heavy atom. The third kappa shape index (κ3) is 2.56. The van der Waals surface area contributed by atoms with Gasteiger partial charge in [0.2, 0.25) is 0 Å². The van der Waals surface area contributed by atoms with Gasteiger partial charge in [0.25, 0.3) is 0 Å². The van der Waals surface area contributed by atoms with Crippen molar-refractivity contribution in [3.8, 4) is 0 Å². The molecule has 13 heavy (non-hydrogen) atoms. The predicted molar refractivity (Wildman–Crippen MR) is 52.4 cm³/mol. The first-order valence-corrected chi connectivity index (χ1v) is 5.36. The van der Waals surface area contributed by atoms with Crippen LogP contribution in [-0.2, 0) is 4.57 Å². The van der Waals surface area contributed by atoms with E-state index >= 15 is 0 Å². The molecule has 0 heterocycles. The summed E-state index contributed by atoms with van der Waals surface area (Å²) in [5.41, 5.74) is 0.779. The Labute approximate surface area is 77.0 Å². The van der Waals surface area contributed by atoms with Gasteiger partial charge in [-0.25, -0.2) is 0 Å². The van der Waals surface area contributed by atoms with Crippen molar-refractivity contribution in [2.24, 2.45) is 0 Å². The van der Waals surface area contributed by atoms with Crippen LogP contribution in [0.5, 0.6) is 0 Å². The summed E-state index contributed by atoms with van der Waals surface area (Å²) in [5.74, 6) is 0. The molecule has 1 aromatic rings. The molecule has 1 rings (SSSR count). The molecule has 0 radical (unpaired) electrons. The maximum absolute atomic E-state index is 10.9. The standard InChI is InChI=1S/C8H12NO3P/c1-9(2)7-4-3-5-8(6-7)13(10,11)12/h3-6H,1-2H3,(H2,10,11,12). The summed E-state index contributed by atoms with van der Waals surface area (Å²) in [7, 11) is -0.475. The van der Waals surface area contributed by atoms with E-state index in [9.17, 15) is 4.57 Å². The van der Waals surface area contributed by atoms with E-state index in [2.05, 4.69) is 0 Å². The summed E-state index contributed by atoms with van der Waals surface area (Å²) < 4.78 is 10.9. The van der Waals surface area contributed by atoms with Crippen LogP contribution in [0.15, 0.2) is 24.3 Å². The van der Waals surface area contributed by atoms with Crippen molar-refractivity contribution in [1.82, 2.24) is 0 Å². The van der Waals surface area contributed by atoms with Crippen molar-refractivity contribution < 1.29 is 14.4 Å². The third-order valence-corrected chi connectivity index (χ3v) is 2.63. The van der Waals surface area contributed by atoms with Crippen LogP contribution in [0.1, 0.15) is 0 Å². The topological polar surface area (TPSA) is 60.8 Å². The van der Waals surface area contributed by atoms with Gasteiger partial charge in [0.1, 0.15) is 0 Å². The normalized spacial score (nSPS) is 11.4. The molecule has 0 aliphatic rings. The van der Waals surface area contributed by atoms with E-state index in [1.165, 1.54) is 12.1 Å². The Hall–Kier alpha value is -0.830. The Morgan fingerprint density at radius 2 is 1.92 bits per heavy atom. The Bertz CT molecular complexity index is 345. The minimum atomic E-state index is -4.11. The smallest absolute Gasteiger partial charge is 0.356 e. The Balaban J connectivity index is 3.13. The summed E-state index contributed by atoms with van der Waals surface area (Å²) in [6.45, 7) is 0. The van der Waals surface area contributed by atoms with Crippen molar-refractivity contribution in [3.63, 3.8) is 0 Å². The third-order valence-electron chi connectivity index (χ3n) is 1.68. The maximum atomic E-state index is 10.9.